The lowest BCUT2D eigenvalue weighted by atomic mass is 9.92. The van der Waals surface area contributed by atoms with Crippen LogP contribution in [0, 0.1) is 5.92 Å². The van der Waals surface area contributed by atoms with Crippen LogP contribution in [0.1, 0.15) is 66.5 Å². The third-order valence-corrected chi connectivity index (χ3v) is 9.74. The fraction of sp³-hybridized carbons (Fsp3) is 0.471. The lowest BCUT2D eigenvalue weighted by Crippen LogP contribution is -2.41. The summed E-state index contributed by atoms with van der Waals surface area (Å²) in [7, 11) is 1.73. The average molecular weight is 794 g/mol. The van der Waals surface area contributed by atoms with Crippen molar-refractivity contribution in [3.8, 4) is 16.8 Å². The predicted octanol–water partition coefficient (Wildman–Crippen LogP) is 8.05. The number of benzene rings is 1. The highest BCUT2D eigenvalue weighted by atomic mass is 127. The molecule has 0 radical (unpaired) electrons. The van der Waals surface area contributed by atoms with E-state index in [1.807, 2.05) is 71.4 Å². The van der Waals surface area contributed by atoms with Crippen LogP contribution in [0.3, 0.4) is 0 Å². The van der Waals surface area contributed by atoms with E-state index >= 15 is 0 Å². The van der Waals surface area contributed by atoms with Crippen molar-refractivity contribution in [2.45, 2.75) is 77.7 Å². The van der Waals surface area contributed by atoms with E-state index in [-0.39, 0.29) is 17.2 Å². The Morgan fingerprint density at radius 1 is 1.09 bits per heavy atom. The fourth-order valence-electron chi connectivity index (χ4n) is 5.68. The molecule has 0 spiro atoms. The van der Waals surface area contributed by atoms with Crippen molar-refractivity contribution >= 4 is 64.0 Å². The summed E-state index contributed by atoms with van der Waals surface area (Å²) in [5.74, 6) is 1.36. The average Bonchev–Trinajstić information content (AvgIpc) is 3.47. The smallest absolute Gasteiger partial charge is 0.410 e. The third-order valence-electron chi connectivity index (χ3n) is 7.86. The number of ether oxygens (including phenoxy) is 1. The second kappa shape index (κ2) is 16.6. The van der Waals surface area contributed by atoms with Crippen molar-refractivity contribution in [1.29, 1.82) is 0 Å². The SMILES string of the molecule is CC.CCSc1ccc(-n2cc(CCC3CCN(C(=O)OC(C)(C)C)CC3)ncc2=O)c(-c2cn(C)c(=O)c3c2ccn3SOI)c1. The molecular formula is C34H44IN5O5S2. The number of nitrogens with zero attached hydrogens (tertiary/aromatic N) is 5. The van der Waals surface area contributed by atoms with E-state index in [1.165, 1.54) is 6.20 Å². The number of hydrogen-bond acceptors (Lipinski definition) is 8. The number of pyridine rings is 1. The maximum absolute atomic E-state index is 13.3. The molecule has 1 amide bonds. The molecule has 0 atom stereocenters. The predicted molar refractivity (Wildman–Crippen MR) is 201 cm³/mol. The summed E-state index contributed by atoms with van der Waals surface area (Å²) >= 11 is 4.58. The highest BCUT2D eigenvalue weighted by Gasteiger charge is 2.27. The minimum atomic E-state index is -0.505. The lowest BCUT2D eigenvalue weighted by molar-refractivity contribution is 0.0181. The Morgan fingerprint density at radius 2 is 1.81 bits per heavy atom. The number of amides is 1. The van der Waals surface area contributed by atoms with Crippen LogP contribution in [-0.2, 0) is 20.7 Å². The first-order valence-corrected chi connectivity index (χ1v) is 18.5. The number of carbonyl (C=O) groups is 1. The molecule has 0 unspecified atom stereocenters. The van der Waals surface area contributed by atoms with E-state index in [1.54, 1.807) is 59.8 Å². The molecule has 1 aliphatic heterocycles. The summed E-state index contributed by atoms with van der Waals surface area (Å²) < 4.78 is 15.7. The van der Waals surface area contributed by atoms with Crippen molar-refractivity contribution < 1.29 is 12.0 Å². The Labute approximate surface area is 299 Å². The number of rotatable bonds is 9. The first-order chi connectivity index (χ1) is 22.5. The zero-order valence-corrected chi connectivity index (χ0v) is 31.9. The van der Waals surface area contributed by atoms with E-state index in [9.17, 15) is 14.4 Å². The number of thioether (sulfide) groups is 1. The molecule has 10 nitrogen and oxygen atoms in total. The molecule has 0 aliphatic carbocycles. The molecule has 1 fully saturated rings. The summed E-state index contributed by atoms with van der Waals surface area (Å²) in [6.07, 6.45) is 10.1. The van der Waals surface area contributed by atoms with Crippen LogP contribution >= 0.6 is 47.0 Å². The quantitative estimate of drug-likeness (QED) is 0.0955. The lowest BCUT2D eigenvalue weighted by Gasteiger charge is -2.33. The minimum absolute atomic E-state index is 0.138. The Kier molecular flexibility index (Phi) is 13.1. The van der Waals surface area contributed by atoms with Crippen molar-refractivity contribution in [2.24, 2.45) is 13.0 Å². The number of halogens is 1. The van der Waals surface area contributed by atoms with Crippen molar-refractivity contribution in [3.05, 3.63) is 75.5 Å². The highest BCUT2D eigenvalue weighted by molar-refractivity contribution is 14.1. The summed E-state index contributed by atoms with van der Waals surface area (Å²) in [6.45, 7) is 13.1. The Hall–Kier alpha value is -2.75. The standard InChI is InChI=1S/C32H38IN5O5S2.C2H6/c1-6-44-23-9-10-27(25(17-23)26-20-35(5)30(40)29-24(26)13-16-38(29)45-43-33)37-19-22(34-18-28(37)39)8-7-21-11-14-36(15-12-21)31(41)42-32(2,3)4;1-2/h9-10,13,16-21H,6-8,11-12,14-15H2,1-5H3;1-2H3. The fourth-order valence-corrected chi connectivity index (χ4v) is 7.32. The van der Waals surface area contributed by atoms with E-state index in [4.69, 9.17) is 7.25 Å². The second-order valence-corrected chi connectivity index (χ2v) is 15.2. The van der Waals surface area contributed by atoms with Crippen LogP contribution in [0.5, 0.6) is 0 Å². The molecule has 4 aromatic rings. The number of hydrogen-bond donors (Lipinski definition) is 0. The number of aryl methyl sites for hydroxylation is 2. The van der Waals surface area contributed by atoms with E-state index < -0.39 is 5.60 Å². The van der Waals surface area contributed by atoms with Crippen LogP contribution in [0.2, 0.25) is 0 Å². The number of aromatic nitrogens is 4. The van der Waals surface area contributed by atoms with Gasteiger partial charge in [-0.1, -0.05) is 20.8 Å². The molecule has 1 saturated heterocycles. The number of carbonyl (C=O) groups excluding carboxylic acids is 1. The molecule has 13 heteroatoms. The van der Waals surface area contributed by atoms with Gasteiger partial charge >= 0.3 is 6.09 Å². The Morgan fingerprint density at radius 3 is 2.47 bits per heavy atom. The molecule has 0 saturated carbocycles. The van der Waals surface area contributed by atoms with Gasteiger partial charge < -0.3 is 14.2 Å². The molecule has 1 aliphatic rings. The van der Waals surface area contributed by atoms with Gasteiger partial charge in [-0.3, -0.25) is 23.1 Å². The van der Waals surface area contributed by atoms with Crippen LogP contribution in [0.25, 0.3) is 27.7 Å². The molecule has 3 aromatic heterocycles. The summed E-state index contributed by atoms with van der Waals surface area (Å²) in [5, 5.41) is 0.777. The van der Waals surface area contributed by atoms with Gasteiger partial charge in [0.15, 0.2) is 0 Å². The maximum atomic E-state index is 13.3. The molecular weight excluding hydrogens is 749 g/mol. The van der Waals surface area contributed by atoms with Gasteiger partial charge in [0.2, 0.25) is 0 Å². The Bertz CT molecular complexity index is 1810. The summed E-state index contributed by atoms with van der Waals surface area (Å²) in [4.78, 5) is 46.3. The maximum Gasteiger partial charge on any atom is 0.410 e. The first kappa shape index (κ1) is 37.1. The van der Waals surface area contributed by atoms with Gasteiger partial charge in [-0.05, 0) is 82.4 Å². The molecule has 47 heavy (non-hydrogen) atoms. The second-order valence-electron chi connectivity index (χ2n) is 12.1. The number of fused-ring (bicyclic) bond motifs is 1. The van der Waals surface area contributed by atoms with Gasteiger partial charge in [-0.15, -0.1) is 11.8 Å². The van der Waals surface area contributed by atoms with Crippen molar-refractivity contribution in [3.63, 3.8) is 0 Å². The Balaban J connectivity index is 0.00000245. The summed E-state index contributed by atoms with van der Waals surface area (Å²) in [6, 6.07) is 8.00. The van der Waals surface area contributed by atoms with E-state index in [2.05, 4.69) is 18.0 Å². The summed E-state index contributed by atoms with van der Waals surface area (Å²) in [5.41, 5.74) is 2.88. The zero-order chi connectivity index (χ0) is 34.3. The normalized spacial score (nSPS) is 13.8. The molecule has 0 bridgehead atoms. The molecule has 5 rings (SSSR count). The largest absolute Gasteiger partial charge is 0.444 e. The molecule has 4 heterocycles. The van der Waals surface area contributed by atoms with E-state index in [0.717, 1.165) is 76.5 Å². The number of piperidine rings is 1. The third kappa shape index (κ3) is 9.04. The minimum Gasteiger partial charge on any atom is -0.444 e. The topological polar surface area (TPSA) is 101 Å². The van der Waals surface area contributed by atoms with Gasteiger partial charge in [0.25, 0.3) is 11.1 Å². The van der Waals surface area contributed by atoms with Gasteiger partial charge in [-0.25, -0.2) is 7.31 Å². The number of likely N-dealkylation sites (tertiary alicyclic amines) is 1. The van der Waals surface area contributed by atoms with E-state index in [0.29, 0.717) is 24.5 Å². The van der Waals surface area contributed by atoms with Crippen LogP contribution < -0.4 is 11.1 Å². The monoisotopic (exact) mass is 793 g/mol. The van der Waals surface area contributed by atoms with Gasteiger partial charge in [0, 0.05) is 60.1 Å². The van der Waals surface area contributed by atoms with Crippen LogP contribution in [-0.4, -0.2) is 53.5 Å². The zero-order valence-electron chi connectivity index (χ0n) is 28.1. The van der Waals surface area contributed by atoms with Gasteiger partial charge in [0.1, 0.15) is 46.4 Å². The van der Waals surface area contributed by atoms with Gasteiger partial charge in [0.05, 0.1) is 17.6 Å². The molecule has 1 aromatic carbocycles. The molecule has 0 N–H and O–H groups in total. The van der Waals surface area contributed by atoms with Crippen molar-refractivity contribution in [1.82, 2.24) is 23.0 Å². The molecule has 254 valence electrons. The van der Waals surface area contributed by atoms with Crippen LogP contribution in [0.4, 0.5) is 4.79 Å². The van der Waals surface area contributed by atoms with Crippen LogP contribution in [0.15, 0.2) is 63.5 Å². The highest BCUT2D eigenvalue weighted by Crippen LogP contribution is 2.36. The van der Waals surface area contributed by atoms with Crippen molar-refractivity contribution in [2.75, 3.05) is 18.8 Å². The van der Waals surface area contributed by atoms with Gasteiger partial charge in [-0.2, -0.15) is 0 Å². The first-order valence-electron chi connectivity index (χ1n) is 16.0.